The number of halogens is 8. The molecule has 0 saturated heterocycles. The van der Waals surface area contributed by atoms with Crippen molar-refractivity contribution < 1.29 is 49.4 Å². The number of carbonyl (C=O) groups is 1. The van der Waals surface area contributed by atoms with Crippen LogP contribution in [0.1, 0.15) is 21.5 Å². The lowest BCUT2D eigenvalue weighted by atomic mass is 9.75. The van der Waals surface area contributed by atoms with Crippen LogP contribution < -0.4 is 36.6 Å². The first-order chi connectivity index (χ1) is 17.4. The molecule has 0 radical (unpaired) electrons. The highest BCUT2D eigenvalue weighted by Crippen LogP contribution is 2.37. The number of rotatable bonds is 5. The zero-order valence-electron chi connectivity index (χ0n) is 20.6. The molecule has 4 nitrogen and oxygen atoms in total. The molecule has 0 saturated carbocycles. The molecule has 3 rings (SSSR count). The number of aryl methyl sites for hydroxylation is 1. The van der Waals surface area contributed by atoms with Gasteiger partial charge in [-0.05, 0) is 48.3 Å². The third kappa shape index (κ3) is 6.11. The molecular formula is C22H17B4F8NO3. The molecule has 0 aromatic heterocycles. The highest BCUT2D eigenvalue weighted by molar-refractivity contribution is 6.53. The van der Waals surface area contributed by atoms with Crippen molar-refractivity contribution in [3.8, 4) is 17.2 Å². The number of carbonyl (C=O) groups excluding carboxylic acids is 1. The number of anilines is 1. The summed E-state index contributed by atoms with van der Waals surface area (Å²) in [5.74, 6) is -5.10. The summed E-state index contributed by atoms with van der Waals surface area (Å²) >= 11 is 0. The van der Waals surface area contributed by atoms with Gasteiger partial charge in [0.2, 0.25) is 0 Å². The quantitative estimate of drug-likeness (QED) is 0.375. The van der Waals surface area contributed by atoms with E-state index in [9.17, 15) is 35.5 Å². The summed E-state index contributed by atoms with van der Waals surface area (Å²) in [6.45, 7) is 1.39. The number of alkyl halides is 6. The van der Waals surface area contributed by atoms with Crippen LogP contribution in [0.5, 0.6) is 17.2 Å². The van der Waals surface area contributed by atoms with Gasteiger partial charge in [-0.25, -0.2) is 8.78 Å². The maximum Gasteiger partial charge on any atom is 0.573 e. The number of amides is 1. The Morgan fingerprint density at radius 2 is 1.50 bits per heavy atom. The largest absolute Gasteiger partial charge is 0.573 e. The van der Waals surface area contributed by atoms with E-state index in [1.807, 2.05) is 0 Å². The van der Waals surface area contributed by atoms with Crippen molar-refractivity contribution >= 4 is 64.8 Å². The van der Waals surface area contributed by atoms with Gasteiger partial charge in [-0.1, -0.05) is 16.4 Å². The third-order valence-corrected chi connectivity index (χ3v) is 5.81. The molecule has 0 aliphatic heterocycles. The van der Waals surface area contributed by atoms with Crippen LogP contribution in [-0.2, 0) is 6.18 Å². The lowest BCUT2D eigenvalue weighted by molar-refractivity contribution is -0.274. The van der Waals surface area contributed by atoms with E-state index in [-0.39, 0.29) is 38.9 Å². The van der Waals surface area contributed by atoms with Gasteiger partial charge in [-0.15, -0.1) is 13.2 Å². The highest BCUT2D eigenvalue weighted by atomic mass is 19.4. The van der Waals surface area contributed by atoms with Gasteiger partial charge in [0.1, 0.15) is 60.0 Å². The maximum absolute atomic E-state index is 15.2. The van der Waals surface area contributed by atoms with Crippen LogP contribution in [0.3, 0.4) is 0 Å². The standard InChI is InChI=1S/C22H17B4F8NO3/c1-7-4-12(9(23)5-11(7)27)35-20(36)15-13(3-2-8(18(15)28)21(29,30)31)37-19-10(24)6-14(16(25)17(19)26)38-22(32,33)34/h2-6H,23-26H2,1H3,(H,35,36). The first-order valence-electron chi connectivity index (χ1n) is 10.9. The Balaban J connectivity index is 2.14. The fourth-order valence-corrected chi connectivity index (χ4v) is 3.69. The van der Waals surface area contributed by atoms with Crippen molar-refractivity contribution in [3.63, 3.8) is 0 Å². The Morgan fingerprint density at radius 1 is 0.868 bits per heavy atom. The number of nitrogens with one attached hydrogen (secondary N) is 1. The van der Waals surface area contributed by atoms with E-state index in [0.29, 0.717) is 6.07 Å². The van der Waals surface area contributed by atoms with Crippen molar-refractivity contribution in [3.05, 3.63) is 58.7 Å². The molecule has 3 aromatic rings. The Hall–Kier alpha value is -3.57. The fraction of sp³-hybridized carbons (Fsp3) is 0.136. The second kappa shape index (κ2) is 10.3. The third-order valence-electron chi connectivity index (χ3n) is 5.81. The minimum atomic E-state index is -5.15. The summed E-state index contributed by atoms with van der Waals surface area (Å²) in [6.07, 6.45) is -10.1. The zero-order valence-corrected chi connectivity index (χ0v) is 20.6. The van der Waals surface area contributed by atoms with E-state index in [1.54, 1.807) is 0 Å². The van der Waals surface area contributed by atoms with Crippen LogP contribution in [0.25, 0.3) is 0 Å². The van der Waals surface area contributed by atoms with Crippen LogP contribution in [0.2, 0.25) is 0 Å². The van der Waals surface area contributed by atoms with Crippen LogP contribution in [0.15, 0.2) is 30.3 Å². The molecule has 0 aliphatic rings. The minimum absolute atomic E-state index is 0.00118. The molecule has 0 fully saturated rings. The Labute approximate surface area is 215 Å². The van der Waals surface area contributed by atoms with Crippen molar-refractivity contribution in [2.24, 2.45) is 0 Å². The lowest BCUT2D eigenvalue weighted by Gasteiger charge is -2.21. The molecule has 0 spiro atoms. The van der Waals surface area contributed by atoms with Gasteiger partial charge in [0.05, 0.1) is 5.56 Å². The van der Waals surface area contributed by atoms with Crippen molar-refractivity contribution in [1.82, 2.24) is 0 Å². The average Bonchev–Trinajstić information content (AvgIpc) is 2.76. The normalized spacial score (nSPS) is 11.8. The molecule has 16 heteroatoms. The number of benzene rings is 3. The molecule has 0 heterocycles. The first kappa shape index (κ1) is 29.0. The first-order valence-corrected chi connectivity index (χ1v) is 10.9. The summed E-state index contributed by atoms with van der Waals surface area (Å²) in [7, 11) is 5.43. The zero-order chi connectivity index (χ0) is 28.7. The van der Waals surface area contributed by atoms with E-state index < -0.39 is 52.7 Å². The molecule has 196 valence electrons. The van der Waals surface area contributed by atoms with Crippen molar-refractivity contribution in [2.45, 2.75) is 19.5 Å². The lowest BCUT2D eigenvalue weighted by Crippen LogP contribution is -2.36. The van der Waals surface area contributed by atoms with Gasteiger partial charge in [0.15, 0.2) is 5.82 Å². The van der Waals surface area contributed by atoms with Gasteiger partial charge >= 0.3 is 12.5 Å². The second-order valence-electron chi connectivity index (χ2n) is 8.59. The number of hydrogen-bond donors (Lipinski definition) is 1. The molecule has 3 aromatic carbocycles. The van der Waals surface area contributed by atoms with Gasteiger partial charge in [0, 0.05) is 5.69 Å². The predicted molar refractivity (Wildman–Crippen MR) is 136 cm³/mol. The van der Waals surface area contributed by atoms with Gasteiger partial charge < -0.3 is 14.8 Å². The summed E-state index contributed by atoms with van der Waals surface area (Å²) in [6, 6.07) is 4.43. The predicted octanol–water partition coefficient (Wildman–Crippen LogP) is 0.269. The molecular weight excluding hydrogens is 521 g/mol. The fourth-order valence-electron chi connectivity index (χ4n) is 3.69. The van der Waals surface area contributed by atoms with Crippen molar-refractivity contribution in [1.29, 1.82) is 0 Å². The van der Waals surface area contributed by atoms with Crippen LogP contribution in [0.4, 0.5) is 40.8 Å². The van der Waals surface area contributed by atoms with Crippen LogP contribution >= 0.6 is 0 Å². The summed E-state index contributed by atoms with van der Waals surface area (Å²) in [5.41, 5.74) is -2.29. The van der Waals surface area contributed by atoms with Gasteiger partial charge in [-0.3, -0.25) is 4.79 Å². The summed E-state index contributed by atoms with van der Waals surface area (Å²) in [5, 5.41) is 2.28. The van der Waals surface area contributed by atoms with Crippen molar-refractivity contribution in [2.75, 3.05) is 5.32 Å². The van der Waals surface area contributed by atoms with E-state index in [4.69, 9.17) is 4.74 Å². The summed E-state index contributed by atoms with van der Waals surface area (Å²) in [4.78, 5) is 13.1. The highest BCUT2D eigenvalue weighted by Gasteiger charge is 2.38. The van der Waals surface area contributed by atoms with Gasteiger partial charge in [-0.2, -0.15) is 13.2 Å². The average molecular weight is 539 g/mol. The van der Waals surface area contributed by atoms with E-state index in [0.717, 1.165) is 18.2 Å². The number of ether oxygens (including phenoxy) is 2. The van der Waals surface area contributed by atoms with Crippen LogP contribution in [-0.4, -0.2) is 43.7 Å². The maximum atomic E-state index is 15.2. The topological polar surface area (TPSA) is 47.6 Å². The van der Waals surface area contributed by atoms with Crippen LogP contribution in [0, 0.1) is 18.6 Å². The molecule has 0 bridgehead atoms. The Morgan fingerprint density at radius 3 is 2.08 bits per heavy atom. The Kier molecular flexibility index (Phi) is 7.86. The minimum Gasteiger partial charge on any atom is -0.458 e. The second-order valence-corrected chi connectivity index (χ2v) is 8.59. The molecule has 0 aliphatic carbocycles. The smallest absolute Gasteiger partial charge is 0.458 e. The molecule has 1 amide bonds. The molecule has 1 N–H and O–H groups in total. The monoisotopic (exact) mass is 539 g/mol. The summed E-state index contributed by atoms with van der Waals surface area (Å²) < 4.78 is 117. The SMILES string of the molecule is Bc1cc(F)c(C)cc1NC(=O)c1c(Oc2c(B)cc(OC(F)(F)F)c(B)c2B)ccc(C(F)(F)F)c1F. The molecule has 0 unspecified atom stereocenters. The van der Waals surface area contributed by atoms with E-state index in [1.165, 1.54) is 44.4 Å². The Bertz CT molecular complexity index is 1430. The van der Waals surface area contributed by atoms with Gasteiger partial charge in [0.25, 0.3) is 5.91 Å². The van der Waals surface area contributed by atoms with E-state index >= 15 is 4.39 Å². The van der Waals surface area contributed by atoms with E-state index in [2.05, 4.69) is 10.1 Å². The molecule has 0 atom stereocenters. The number of hydrogen-bond acceptors (Lipinski definition) is 3. The molecule has 38 heavy (non-hydrogen) atoms.